The second-order valence-corrected chi connectivity index (χ2v) is 7.97. The van der Waals surface area contributed by atoms with Crippen molar-refractivity contribution in [3.8, 4) is 5.75 Å². The van der Waals surface area contributed by atoms with Gasteiger partial charge in [-0.3, -0.25) is 0 Å². The fourth-order valence-corrected chi connectivity index (χ4v) is 3.98. The maximum absolute atomic E-state index is 9.93. The molecule has 31 heavy (non-hydrogen) atoms. The van der Waals surface area contributed by atoms with Crippen LogP contribution in [0.1, 0.15) is 42.3 Å². The van der Waals surface area contributed by atoms with Gasteiger partial charge >= 0.3 is 0 Å². The number of isothiocyanates is 1. The van der Waals surface area contributed by atoms with Crippen molar-refractivity contribution in [3.05, 3.63) is 58.9 Å². The van der Waals surface area contributed by atoms with Gasteiger partial charge in [0.05, 0.1) is 22.7 Å². The fraction of sp³-hybridized carbons (Fsp3) is 0.292. The predicted molar refractivity (Wildman–Crippen MR) is 129 cm³/mol. The first-order valence-electron chi connectivity index (χ1n) is 10.4. The van der Waals surface area contributed by atoms with Gasteiger partial charge in [-0.2, -0.15) is 0 Å². The van der Waals surface area contributed by atoms with Gasteiger partial charge in [0.25, 0.3) is 0 Å². The lowest BCUT2D eigenvalue weighted by molar-refractivity contribution is 0.470. The van der Waals surface area contributed by atoms with Gasteiger partial charge in [-0.25, -0.2) is 15.0 Å². The summed E-state index contributed by atoms with van der Waals surface area (Å²) in [5.41, 5.74) is 11.8. The highest BCUT2D eigenvalue weighted by Crippen LogP contribution is 2.31. The van der Waals surface area contributed by atoms with E-state index in [4.69, 9.17) is 22.9 Å². The molecule has 2 heterocycles. The van der Waals surface area contributed by atoms with E-state index < -0.39 is 0 Å². The van der Waals surface area contributed by atoms with Gasteiger partial charge in [-0.15, -0.1) is 0 Å². The maximum Gasteiger partial charge on any atom is 0.152 e. The van der Waals surface area contributed by atoms with Gasteiger partial charge in [-0.05, 0) is 60.5 Å². The van der Waals surface area contributed by atoms with Crippen LogP contribution in [0.4, 0.5) is 5.82 Å². The number of pyridine rings is 1. The molecule has 0 unspecified atom stereocenters. The van der Waals surface area contributed by atoms with Crippen LogP contribution in [0, 0.1) is 6.92 Å². The SMILES string of the molecule is CCCCc1nc2c(N)nc3ccc(CN=C=S)cc3c2n1Cc1ccc(O)c(C)c1. The largest absolute Gasteiger partial charge is 0.508 e. The molecule has 158 valence electrons. The number of aromatic nitrogens is 3. The smallest absolute Gasteiger partial charge is 0.152 e. The van der Waals surface area contributed by atoms with Crippen LogP contribution in [0.2, 0.25) is 0 Å². The summed E-state index contributed by atoms with van der Waals surface area (Å²) >= 11 is 4.72. The third-order valence-electron chi connectivity index (χ3n) is 5.53. The molecule has 0 saturated carbocycles. The maximum atomic E-state index is 9.93. The average Bonchev–Trinajstić information content (AvgIpc) is 3.12. The number of hydrogen-bond donors (Lipinski definition) is 2. The molecule has 2 aromatic heterocycles. The number of anilines is 1. The molecule has 0 fully saturated rings. The van der Waals surface area contributed by atoms with Crippen LogP contribution in [-0.4, -0.2) is 24.8 Å². The van der Waals surface area contributed by atoms with Crippen LogP contribution in [0.5, 0.6) is 5.75 Å². The Labute approximate surface area is 186 Å². The molecule has 0 aliphatic heterocycles. The van der Waals surface area contributed by atoms with E-state index in [1.807, 2.05) is 31.2 Å². The number of phenols is 1. The highest BCUT2D eigenvalue weighted by atomic mass is 32.1. The van der Waals surface area contributed by atoms with Gasteiger partial charge < -0.3 is 15.4 Å². The Bertz CT molecular complexity index is 1320. The number of nitrogens with zero attached hydrogens (tertiary/aromatic N) is 4. The minimum Gasteiger partial charge on any atom is -0.508 e. The van der Waals surface area contributed by atoms with E-state index in [0.717, 1.165) is 63.7 Å². The number of rotatable bonds is 7. The molecular weight excluding hydrogens is 406 g/mol. The van der Waals surface area contributed by atoms with E-state index >= 15 is 0 Å². The number of benzene rings is 2. The molecule has 0 spiro atoms. The quantitative estimate of drug-likeness (QED) is 0.311. The first-order valence-corrected chi connectivity index (χ1v) is 10.8. The van der Waals surface area contributed by atoms with Crippen molar-refractivity contribution in [1.82, 2.24) is 14.5 Å². The summed E-state index contributed by atoms with van der Waals surface area (Å²) in [6, 6.07) is 11.7. The monoisotopic (exact) mass is 431 g/mol. The summed E-state index contributed by atoms with van der Waals surface area (Å²) in [5.74, 6) is 1.73. The Morgan fingerprint density at radius 2 is 1.97 bits per heavy atom. The molecule has 3 N–H and O–H groups in total. The molecule has 0 amide bonds. The Hall–Kier alpha value is -3.28. The van der Waals surface area contributed by atoms with Gasteiger partial charge in [0.15, 0.2) is 5.82 Å². The van der Waals surface area contributed by atoms with E-state index in [2.05, 4.69) is 32.7 Å². The number of phenolic OH excluding ortho intramolecular Hbond substituents is 1. The number of nitrogens with two attached hydrogens (primary N) is 1. The van der Waals surface area contributed by atoms with Crippen LogP contribution in [0.3, 0.4) is 0 Å². The first-order chi connectivity index (χ1) is 15.0. The van der Waals surface area contributed by atoms with Gasteiger partial charge in [-0.1, -0.05) is 31.5 Å². The summed E-state index contributed by atoms with van der Waals surface area (Å²) < 4.78 is 2.24. The standard InChI is InChI=1S/C24H25N5OS/c1-3-4-5-21-28-22-23(29(21)13-17-7-9-20(30)15(2)10-17)18-11-16(12-26-14-31)6-8-19(18)27-24(22)25/h6-11,30H,3-5,12-13H2,1-2H3,(H2,25,27). The van der Waals surface area contributed by atoms with Crippen LogP contribution < -0.4 is 5.73 Å². The number of nitrogen functional groups attached to an aromatic ring is 1. The van der Waals surface area contributed by atoms with Crippen LogP contribution in [-0.2, 0) is 19.5 Å². The number of thiocarbonyl (C=S) groups is 1. The van der Waals surface area contributed by atoms with Gasteiger partial charge in [0.2, 0.25) is 0 Å². The molecule has 0 aliphatic rings. The van der Waals surface area contributed by atoms with Gasteiger partial charge in [0.1, 0.15) is 17.1 Å². The Kier molecular flexibility index (Phi) is 5.98. The molecule has 4 aromatic rings. The lowest BCUT2D eigenvalue weighted by Crippen LogP contribution is -2.06. The Morgan fingerprint density at radius 1 is 1.16 bits per heavy atom. The molecule has 0 radical (unpaired) electrons. The topological polar surface area (TPSA) is 89.3 Å². The number of unbranched alkanes of at least 4 members (excludes halogenated alkanes) is 1. The predicted octanol–water partition coefficient (Wildman–Crippen LogP) is 5.17. The molecule has 0 bridgehead atoms. The van der Waals surface area contributed by atoms with Crippen molar-refractivity contribution in [2.24, 2.45) is 4.99 Å². The molecular formula is C24H25N5OS. The summed E-state index contributed by atoms with van der Waals surface area (Å²) in [5, 5.41) is 13.3. The molecule has 6 nitrogen and oxygen atoms in total. The van der Waals surface area contributed by atoms with Crippen molar-refractivity contribution >= 4 is 45.1 Å². The van der Waals surface area contributed by atoms with Gasteiger partial charge in [0, 0.05) is 18.4 Å². The number of hydrogen-bond acceptors (Lipinski definition) is 6. The zero-order valence-electron chi connectivity index (χ0n) is 17.7. The summed E-state index contributed by atoms with van der Waals surface area (Å²) in [4.78, 5) is 13.6. The van der Waals surface area contributed by atoms with E-state index in [1.165, 1.54) is 0 Å². The molecule has 7 heteroatoms. The first kappa shape index (κ1) is 21.0. The van der Waals surface area contributed by atoms with Crippen molar-refractivity contribution < 1.29 is 5.11 Å². The van der Waals surface area contributed by atoms with Crippen molar-refractivity contribution in [3.63, 3.8) is 0 Å². The minimum atomic E-state index is 0.299. The zero-order chi connectivity index (χ0) is 22.0. The van der Waals surface area contributed by atoms with Crippen molar-refractivity contribution in [1.29, 1.82) is 0 Å². The molecule has 4 rings (SSSR count). The number of fused-ring (bicyclic) bond motifs is 3. The van der Waals surface area contributed by atoms with Crippen LogP contribution in [0.25, 0.3) is 21.9 Å². The Balaban J connectivity index is 1.96. The fourth-order valence-electron chi connectivity index (χ4n) is 3.92. The molecule has 0 saturated heterocycles. The normalized spacial score (nSPS) is 11.2. The molecule has 0 atom stereocenters. The highest BCUT2D eigenvalue weighted by molar-refractivity contribution is 7.78. The second kappa shape index (κ2) is 8.84. The van der Waals surface area contributed by atoms with Crippen LogP contribution >= 0.6 is 12.2 Å². The summed E-state index contributed by atoms with van der Waals surface area (Å²) in [7, 11) is 0. The lowest BCUT2D eigenvalue weighted by atomic mass is 10.1. The summed E-state index contributed by atoms with van der Waals surface area (Å²) in [6.07, 6.45) is 2.98. The molecule has 0 aliphatic carbocycles. The van der Waals surface area contributed by atoms with E-state index in [-0.39, 0.29) is 0 Å². The zero-order valence-corrected chi connectivity index (χ0v) is 18.5. The third kappa shape index (κ3) is 4.15. The molecule has 2 aromatic carbocycles. The number of aliphatic imine (C=N–C) groups is 1. The second-order valence-electron chi connectivity index (χ2n) is 7.79. The van der Waals surface area contributed by atoms with Crippen LogP contribution in [0.15, 0.2) is 41.4 Å². The minimum absolute atomic E-state index is 0.299. The lowest BCUT2D eigenvalue weighted by Gasteiger charge is -2.12. The average molecular weight is 432 g/mol. The van der Waals surface area contributed by atoms with E-state index in [1.54, 1.807) is 6.07 Å². The van der Waals surface area contributed by atoms with Crippen molar-refractivity contribution in [2.75, 3.05) is 5.73 Å². The van der Waals surface area contributed by atoms with Crippen molar-refractivity contribution in [2.45, 2.75) is 46.2 Å². The number of aromatic hydroxyl groups is 1. The van der Waals surface area contributed by atoms with E-state index in [9.17, 15) is 5.11 Å². The highest BCUT2D eigenvalue weighted by Gasteiger charge is 2.18. The Morgan fingerprint density at radius 3 is 2.71 bits per heavy atom. The number of aryl methyl sites for hydroxylation is 2. The number of imidazole rings is 1. The third-order valence-corrected chi connectivity index (χ3v) is 5.66. The van der Waals surface area contributed by atoms with E-state index in [0.29, 0.717) is 24.7 Å². The summed E-state index contributed by atoms with van der Waals surface area (Å²) in [6.45, 7) is 5.19.